The number of hydrogen-bond donors (Lipinski definition) is 1. The fraction of sp³-hybridized carbons (Fsp3) is 0.435. The zero-order valence-corrected chi connectivity index (χ0v) is 22.8. The van der Waals surface area contributed by atoms with Crippen molar-refractivity contribution in [1.82, 2.24) is 28.7 Å². The molecule has 0 radical (unpaired) electrons. The zero-order chi connectivity index (χ0) is 25.6. The van der Waals surface area contributed by atoms with E-state index < -0.39 is 10.0 Å². The Bertz CT molecular complexity index is 1490. The van der Waals surface area contributed by atoms with E-state index >= 15 is 0 Å². The van der Waals surface area contributed by atoms with Crippen LogP contribution in [0.3, 0.4) is 0 Å². The number of nitrogens with zero attached hydrogens (tertiary/aromatic N) is 6. The number of piperidine rings is 1. The molecule has 190 valence electrons. The van der Waals surface area contributed by atoms with Gasteiger partial charge in [-0.25, -0.2) is 13.4 Å². The van der Waals surface area contributed by atoms with E-state index in [2.05, 4.69) is 21.6 Å². The van der Waals surface area contributed by atoms with E-state index in [0.29, 0.717) is 31.2 Å². The number of fused-ring (bicyclic) bond motifs is 1. The van der Waals surface area contributed by atoms with Gasteiger partial charge in [-0.15, -0.1) is 0 Å². The minimum Gasteiger partial charge on any atom is -0.370 e. The fourth-order valence-electron chi connectivity index (χ4n) is 4.83. The van der Waals surface area contributed by atoms with Crippen LogP contribution in [0.15, 0.2) is 34.3 Å². The lowest BCUT2D eigenvalue weighted by Crippen LogP contribution is -2.40. The van der Waals surface area contributed by atoms with Crippen LogP contribution in [-0.4, -0.2) is 64.6 Å². The first kappa shape index (κ1) is 25.3. The van der Waals surface area contributed by atoms with Gasteiger partial charge in [-0.2, -0.15) is 19.0 Å². The predicted molar refractivity (Wildman–Crippen MR) is 145 cm³/mol. The standard InChI is InChI=1S/C23H28BCl2N7O2S/c1-14-21(22(26)31(2)30-14)36(34,35)32-9-7-15(8-10-32)12-27-20-11-19(16-5-3-4-6-18(16)25)29-23-17(24)13-28-33(20)23/h3,5,11,13,15,27H,4,6-10,12,24H2,1-2H3. The lowest BCUT2D eigenvalue weighted by Gasteiger charge is -2.31. The van der Waals surface area contributed by atoms with Crippen LogP contribution >= 0.6 is 23.2 Å². The Morgan fingerprint density at radius 2 is 2.00 bits per heavy atom. The third-order valence-corrected chi connectivity index (χ3v) is 9.86. The molecule has 0 saturated carbocycles. The van der Waals surface area contributed by atoms with Crippen LogP contribution in [0.25, 0.3) is 11.2 Å². The molecule has 0 bridgehead atoms. The number of aromatic nitrogens is 5. The Labute approximate surface area is 221 Å². The maximum absolute atomic E-state index is 13.2. The topological polar surface area (TPSA) is 97.4 Å². The van der Waals surface area contributed by atoms with Crippen LogP contribution in [0.4, 0.5) is 5.82 Å². The van der Waals surface area contributed by atoms with Crippen molar-refractivity contribution >= 4 is 63.6 Å². The Morgan fingerprint density at radius 1 is 1.25 bits per heavy atom. The molecule has 36 heavy (non-hydrogen) atoms. The van der Waals surface area contributed by atoms with E-state index in [9.17, 15) is 8.42 Å². The van der Waals surface area contributed by atoms with Gasteiger partial charge in [-0.3, -0.25) is 4.68 Å². The maximum atomic E-state index is 13.2. The zero-order valence-electron chi connectivity index (χ0n) is 20.5. The average Bonchev–Trinajstić information content (AvgIpc) is 3.36. The van der Waals surface area contributed by atoms with Crippen LogP contribution in [0.1, 0.15) is 37.1 Å². The van der Waals surface area contributed by atoms with Gasteiger partial charge in [-0.1, -0.05) is 35.4 Å². The van der Waals surface area contributed by atoms with E-state index in [1.165, 1.54) is 8.99 Å². The number of rotatable bonds is 6. The molecule has 4 heterocycles. The molecule has 1 fully saturated rings. The maximum Gasteiger partial charge on any atom is 0.248 e. The summed E-state index contributed by atoms with van der Waals surface area (Å²) in [5.74, 6) is 1.15. The Hall–Kier alpha value is -2.34. The summed E-state index contributed by atoms with van der Waals surface area (Å²) in [7, 11) is -0.0604. The molecule has 3 aromatic heterocycles. The van der Waals surface area contributed by atoms with E-state index in [1.807, 2.05) is 24.5 Å². The predicted octanol–water partition coefficient (Wildman–Crippen LogP) is 2.50. The van der Waals surface area contributed by atoms with Gasteiger partial charge in [0.25, 0.3) is 0 Å². The number of halogens is 2. The smallest absolute Gasteiger partial charge is 0.248 e. The second-order valence-electron chi connectivity index (χ2n) is 9.41. The average molecular weight is 548 g/mol. The van der Waals surface area contributed by atoms with Crippen LogP contribution in [0, 0.1) is 12.8 Å². The first-order valence-electron chi connectivity index (χ1n) is 12.0. The molecule has 1 saturated heterocycles. The van der Waals surface area contributed by atoms with Gasteiger partial charge in [0.2, 0.25) is 10.0 Å². The summed E-state index contributed by atoms with van der Waals surface area (Å²) < 4.78 is 31.2. The van der Waals surface area contributed by atoms with Crippen molar-refractivity contribution in [3.05, 3.63) is 46.0 Å². The summed E-state index contributed by atoms with van der Waals surface area (Å²) in [6, 6.07) is 1.99. The number of sulfonamides is 1. The van der Waals surface area contributed by atoms with Gasteiger partial charge in [0.15, 0.2) is 5.65 Å². The van der Waals surface area contributed by atoms with Crippen molar-refractivity contribution in [3.63, 3.8) is 0 Å². The van der Waals surface area contributed by atoms with Crippen molar-refractivity contribution in [2.45, 2.75) is 37.5 Å². The second-order valence-corrected chi connectivity index (χ2v) is 12.1. The minimum atomic E-state index is -3.69. The van der Waals surface area contributed by atoms with E-state index in [0.717, 1.165) is 58.9 Å². The molecule has 0 atom stereocenters. The lowest BCUT2D eigenvalue weighted by molar-refractivity contribution is 0.282. The molecule has 1 aliphatic heterocycles. The van der Waals surface area contributed by atoms with Crippen LogP contribution in [0.5, 0.6) is 0 Å². The van der Waals surface area contributed by atoms with E-state index in [4.69, 9.17) is 28.2 Å². The van der Waals surface area contributed by atoms with Crippen molar-refractivity contribution < 1.29 is 8.42 Å². The van der Waals surface area contributed by atoms with Crippen LogP contribution < -0.4 is 10.8 Å². The van der Waals surface area contributed by atoms with Gasteiger partial charge in [0, 0.05) is 49.6 Å². The number of anilines is 1. The Morgan fingerprint density at radius 3 is 2.67 bits per heavy atom. The molecule has 13 heteroatoms. The summed E-state index contributed by atoms with van der Waals surface area (Å²) in [6.45, 7) is 3.23. The highest BCUT2D eigenvalue weighted by Gasteiger charge is 2.34. The molecule has 0 spiro atoms. The van der Waals surface area contributed by atoms with Gasteiger partial charge in [0.05, 0.1) is 11.4 Å². The van der Waals surface area contributed by atoms with Gasteiger partial charge >= 0.3 is 0 Å². The van der Waals surface area contributed by atoms with Gasteiger partial charge < -0.3 is 5.32 Å². The van der Waals surface area contributed by atoms with Gasteiger partial charge in [0.1, 0.15) is 23.7 Å². The molecule has 1 aliphatic carbocycles. The number of allylic oxidation sites excluding steroid dienone is 4. The number of hydrogen-bond acceptors (Lipinski definition) is 6. The molecule has 5 rings (SSSR count). The molecule has 0 unspecified atom stereocenters. The minimum absolute atomic E-state index is 0.105. The van der Waals surface area contributed by atoms with Crippen molar-refractivity contribution in [2.24, 2.45) is 13.0 Å². The summed E-state index contributed by atoms with van der Waals surface area (Å²) >= 11 is 12.8. The normalized spacial score (nSPS) is 17.9. The van der Waals surface area contributed by atoms with E-state index in [1.54, 1.807) is 20.2 Å². The van der Waals surface area contributed by atoms with E-state index in [-0.39, 0.29) is 10.0 Å². The highest BCUT2D eigenvalue weighted by molar-refractivity contribution is 7.89. The summed E-state index contributed by atoms with van der Waals surface area (Å²) in [6.07, 6.45) is 9.18. The molecule has 9 nitrogen and oxygen atoms in total. The molecule has 0 amide bonds. The fourth-order valence-corrected chi connectivity index (χ4v) is 7.28. The van der Waals surface area contributed by atoms with Gasteiger partial charge in [-0.05, 0) is 44.0 Å². The number of aryl methyl sites for hydroxylation is 2. The third kappa shape index (κ3) is 4.58. The quantitative estimate of drug-likeness (QED) is 0.476. The van der Waals surface area contributed by atoms with Crippen molar-refractivity contribution in [2.75, 3.05) is 25.0 Å². The molecule has 0 aromatic carbocycles. The SMILES string of the molecule is Bc1cnn2c(NCC3CCN(S(=O)(=O)c4c(C)nn(C)c4Cl)CC3)cc(C3=C(Cl)CCC=C3)nc12. The summed E-state index contributed by atoms with van der Waals surface area (Å²) in [4.78, 5) is 4.93. The third-order valence-electron chi connectivity index (χ3n) is 6.87. The van der Waals surface area contributed by atoms with Crippen LogP contribution in [0.2, 0.25) is 5.15 Å². The molecule has 3 aromatic rings. The van der Waals surface area contributed by atoms with Crippen LogP contribution in [-0.2, 0) is 17.1 Å². The summed E-state index contributed by atoms with van der Waals surface area (Å²) in [5, 5.41) is 13.2. The Kier molecular flexibility index (Phi) is 6.93. The first-order chi connectivity index (χ1) is 17.2. The molecule has 1 N–H and O–H groups in total. The Balaban J connectivity index is 1.31. The highest BCUT2D eigenvalue weighted by Crippen LogP contribution is 2.32. The first-order valence-corrected chi connectivity index (χ1v) is 14.2. The molecule has 2 aliphatic rings. The summed E-state index contributed by atoms with van der Waals surface area (Å²) in [5.41, 5.74) is 3.95. The highest BCUT2D eigenvalue weighted by atomic mass is 35.5. The largest absolute Gasteiger partial charge is 0.370 e. The molecular weight excluding hydrogens is 520 g/mol. The van der Waals surface area contributed by atoms with Crippen molar-refractivity contribution in [1.29, 1.82) is 0 Å². The van der Waals surface area contributed by atoms with Crippen molar-refractivity contribution in [3.8, 4) is 0 Å². The lowest BCUT2D eigenvalue weighted by atomic mass is 9.98. The number of nitrogens with one attached hydrogen (secondary N) is 1. The monoisotopic (exact) mass is 547 g/mol. The second kappa shape index (κ2) is 9.85. The molecular formula is C23H28BCl2N7O2S.